The summed E-state index contributed by atoms with van der Waals surface area (Å²) in [5.74, 6) is -2.32. The van der Waals surface area contributed by atoms with E-state index in [1.54, 1.807) is 30.1 Å². The number of ether oxygens (including phenoxy) is 1. The fourth-order valence-electron chi connectivity index (χ4n) is 6.03. The molecule has 1 spiro atoms. The Bertz CT molecular complexity index is 1390. The number of fused-ring (bicyclic) bond motifs is 2. The van der Waals surface area contributed by atoms with Crippen molar-refractivity contribution in [2.24, 2.45) is 0 Å². The summed E-state index contributed by atoms with van der Waals surface area (Å²) in [4.78, 5) is 32.3. The van der Waals surface area contributed by atoms with Gasteiger partial charge in [-0.1, -0.05) is 11.6 Å². The molecule has 1 N–H and O–H groups in total. The number of nitrogens with zero attached hydrogens (tertiary/aromatic N) is 4. The van der Waals surface area contributed by atoms with Crippen molar-refractivity contribution in [3.63, 3.8) is 0 Å². The number of rotatable bonds is 4. The smallest absolute Gasteiger partial charge is 0.381 e. The van der Waals surface area contributed by atoms with Crippen LogP contribution in [0.5, 0.6) is 0 Å². The number of sulfonamides is 1. The van der Waals surface area contributed by atoms with E-state index in [0.29, 0.717) is 15.9 Å². The molecule has 0 radical (unpaired) electrons. The molecule has 4 heterocycles. The number of piperazine rings is 1. The van der Waals surface area contributed by atoms with Crippen molar-refractivity contribution < 1.29 is 35.9 Å². The SMILES string of the molecule is COCC12CN(S(=O)(=O)c3cc4cc(Cl)ccc4[nH]3)CC(=O)N1CC1(CCN(C(=O)C(F)(F)F)CC1)N2C. The molecule has 2 aromatic rings. The van der Waals surface area contributed by atoms with Gasteiger partial charge in [-0.2, -0.15) is 17.5 Å². The molecule has 2 amide bonds. The summed E-state index contributed by atoms with van der Waals surface area (Å²) in [6.07, 6.45) is -4.58. The van der Waals surface area contributed by atoms with Gasteiger partial charge in [0.05, 0.1) is 19.7 Å². The van der Waals surface area contributed by atoms with E-state index in [-0.39, 0.29) is 50.7 Å². The maximum atomic E-state index is 13.7. The molecular weight excluding hydrogens is 551 g/mol. The summed E-state index contributed by atoms with van der Waals surface area (Å²) in [5, 5.41) is 0.965. The highest BCUT2D eigenvalue weighted by atomic mass is 35.5. The molecule has 1 aromatic carbocycles. The molecule has 0 aliphatic carbocycles. The summed E-state index contributed by atoms with van der Waals surface area (Å²) in [7, 11) is -0.969. The molecule has 1 unspecified atom stereocenters. The van der Waals surface area contributed by atoms with E-state index in [9.17, 15) is 31.2 Å². The van der Waals surface area contributed by atoms with E-state index in [4.69, 9.17) is 16.3 Å². The zero-order chi connectivity index (χ0) is 27.7. The lowest BCUT2D eigenvalue weighted by atomic mass is 9.86. The van der Waals surface area contributed by atoms with Crippen molar-refractivity contribution in [2.75, 3.05) is 53.5 Å². The third-order valence-electron chi connectivity index (χ3n) is 8.11. The van der Waals surface area contributed by atoms with Gasteiger partial charge in [0.2, 0.25) is 5.91 Å². The Morgan fingerprint density at radius 3 is 2.50 bits per heavy atom. The highest BCUT2D eigenvalue weighted by Gasteiger charge is 2.63. The molecule has 38 heavy (non-hydrogen) atoms. The first-order chi connectivity index (χ1) is 17.7. The molecule has 10 nitrogen and oxygen atoms in total. The number of amides is 2. The Hall–Kier alpha value is -2.39. The second kappa shape index (κ2) is 9.08. The topological polar surface area (TPSA) is 106 Å². The molecule has 3 aliphatic heterocycles. The van der Waals surface area contributed by atoms with E-state index < -0.39 is 45.8 Å². The summed E-state index contributed by atoms with van der Waals surface area (Å²) < 4.78 is 72.9. The summed E-state index contributed by atoms with van der Waals surface area (Å²) in [6.45, 7) is -0.586. The van der Waals surface area contributed by atoms with E-state index in [2.05, 4.69) is 4.98 Å². The van der Waals surface area contributed by atoms with Gasteiger partial charge in [0.25, 0.3) is 10.0 Å². The van der Waals surface area contributed by atoms with E-state index in [1.165, 1.54) is 13.2 Å². The van der Waals surface area contributed by atoms with Gasteiger partial charge in [0.15, 0.2) is 0 Å². The predicted molar refractivity (Wildman–Crippen MR) is 131 cm³/mol. The number of carbonyl (C=O) groups is 2. The monoisotopic (exact) mass is 577 g/mol. The van der Waals surface area contributed by atoms with Gasteiger partial charge in [-0.25, -0.2) is 8.42 Å². The number of carbonyl (C=O) groups excluding carboxylic acids is 2. The van der Waals surface area contributed by atoms with E-state index in [0.717, 1.165) is 9.21 Å². The van der Waals surface area contributed by atoms with Gasteiger partial charge in [0, 0.05) is 48.2 Å². The molecule has 0 saturated carbocycles. The zero-order valence-electron chi connectivity index (χ0n) is 20.7. The van der Waals surface area contributed by atoms with Crippen LogP contribution in [0.15, 0.2) is 29.3 Å². The quantitative estimate of drug-likeness (QED) is 0.595. The molecule has 5 rings (SSSR count). The van der Waals surface area contributed by atoms with Crippen molar-refractivity contribution in [3.05, 3.63) is 29.3 Å². The minimum absolute atomic E-state index is 0.0173. The van der Waals surface area contributed by atoms with Crippen molar-refractivity contribution in [1.29, 1.82) is 0 Å². The number of nitrogens with one attached hydrogen (secondary N) is 1. The average molecular weight is 578 g/mol. The maximum Gasteiger partial charge on any atom is 0.471 e. The van der Waals surface area contributed by atoms with Crippen LogP contribution < -0.4 is 0 Å². The molecule has 15 heteroatoms. The first-order valence-corrected chi connectivity index (χ1v) is 13.7. The fourth-order valence-corrected chi connectivity index (χ4v) is 7.66. The molecule has 1 atom stereocenters. The van der Waals surface area contributed by atoms with E-state index >= 15 is 0 Å². The van der Waals surface area contributed by atoms with Gasteiger partial charge in [-0.05, 0) is 44.2 Å². The van der Waals surface area contributed by atoms with Crippen LogP contribution in [-0.4, -0.2) is 115 Å². The van der Waals surface area contributed by atoms with Crippen LogP contribution in [0.4, 0.5) is 13.2 Å². The number of aromatic amines is 1. The van der Waals surface area contributed by atoms with E-state index in [1.807, 2.05) is 4.90 Å². The lowest BCUT2D eigenvalue weighted by Gasteiger charge is -2.50. The minimum atomic E-state index is -4.96. The molecule has 3 fully saturated rings. The van der Waals surface area contributed by atoms with Crippen molar-refractivity contribution in [2.45, 2.75) is 35.2 Å². The highest BCUT2D eigenvalue weighted by molar-refractivity contribution is 7.89. The summed E-state index contributed by atoms with van der Waals surface area (Å²) in [6, 6.07) is 6.39. The molecule has 0 bridgehead atoms. The Kier molecular flexibility index (Phi) is 6.50. The van der Waals surface area contributed by atoms with Gasteiger partial charge in [-0.3, -0.25) is 14.5 Å². The van der Waals surface area contributed by atoms with Gasteiger partial charge in [0.1, 0.15) is 10.7 Å². The highest BCUT2D eigenvalue weighted by Crippen LogP contribution is 2.45. The average Bonchev–Trinajstić information content (AvgIpc) is 3.38. The number of likely N-dealkylation sites (tertiary alicyclic amines) is 1. The number of hydrogen-bond acceptors (Lipinski definition) is 6. The fraction of sp³-hybridized carbons (Fsp3) is 0.565. The molecular formula is C23H27ClF3N5O5S. The Morgan fingerprint density at radius 2 is 1.87 bits per heavy atom. The van der Waals surface area contributed by atoms with Gasteiger partial charge in [-0.15, -0.1) is 0 Å². The molecule has 1 aromatic heterocycles. The maximum absolute atomic E-state index is 13.7. The zero-order valence-corrected chi connectivity index (χ0v) is 22.3. The van der Waals surface area contributed by atoms with Crippen molar-refractivity contribution in [3.8, 4) is 0 Å². The van der Waals surface area contributed by atoms with Gasteiger partial charge < -0.3 is 19.5 Å². The second-order valence-corrected chi connectivity index (χ2v) is 12.4. The lowest BCUT2D eigenvalue weighted by Crippen LogP contribution is -2.70. The van der Waals surface area contributed by atoms with Crippen LogP contribution in [0.2, 0.25) is 5.02 Å². The third kappa shape index (κ3) is 4.17. The molecule has 3 saturated heterocycles. The summed E-state index contributed by atoms with van der Waals surface area (Å²) in [5.41, 5.74) is -1.35. The van der Waals surface area contributed by atoms with Crippen LogP contribution in [0, 0.1) is 0 Å². The summed E-state index contributed by atoms with van der Waals surface area (Å²) >= 11 is 6.04. The van der Waals surface area contributed by atoms with Crippen molar-refractivity contribution >= 4 is 44.3 Å². The normalized spacial score (nSPS) is 24.9. The first kappa shape index (κ1) is 27.2. The van der Waals surface area contributed by atoms with Crippen molar-refractivity contribution in [1.82, 2.24) is 24.0 Å². The van der Waals surface area contributed by atoms with Crippen LogP contribution in [-0.2, 0) is 24.3 Å². The number of piperidine rings is 1. The predicted octanol–water partition coefficient (Wildman–Crippen LogP) is 1.87. The largest absolute Gasteiger partial charge is 0.471 e. The van der Waals surface area contributed by atoms with Crippen LogP contribution in [0.1, 0.15) is 12.8 Å². The number of alkyl halides is 3. The number of hydrogen-bond donors (Lipinski definition) is 1. The number of aromatic nitrogens is 1. The number of likely N-dealkylation sites (N-methyl/N-ethyl adjacent to an activating group) is 1. The lowest BCUT2D eigenvalue weighted by molar-refractivity contribution is -0.187. The number of benzene rings is 1. The Labute approximate surface area is 222 Å². The molecule has 208 valence electrons. The van der Waals surface area contributed by atoms with Crippen LogP contribution in [0.3, 0.4) is 0 Å². The number of H-pyrrole nitrogens is 1. The van der Waals surface area contributed by atoms with Crippen LogP contribution in [0.25, 0.3) is 10.9 Å². The minimum Gasteiger partial charge on any atom is -0.381 e. The Morgan fingerprint density at radius 1 is 1.18 bits per heavy atom. The second-order valence-electron chi connectivity index (χ2n) is 10.1. The molecule has 3 aliphatic rings. The van der Waals surface area contributed by atoms with Crippen LogP contribution >= 0.6 is 11.6 Å². The Balaban J connectivity index is 1.45. The standard InChI is InChI=1S/C23H27ClF3N5O5S/c1-29-21(5-7-30(8-6-21)20(34)23(25,26)27)12-32-19(33)11-31(13-22(29,32)14-37-2)38(35,36)18-10-15-9-16(24)3-4-17(15)28-18/h3-4,9-10,28H,5-8,11-14H2,1-2H3. The van der Waals surface area contributed by atoms with Gasteiger partial charge >= 0.3 is 12.1 Å². The number of methoxy groups -OCH3 is 1. The number of halogens is 4. The first-order valence-electron chi connectivity index (χ1n) is 11.9. The third-order valence-corrected chi connectivity index (χ3v) is 10.1.